The molecule has 0 radical (unpaired) electrons. The van der Waals surface area contributed by atoms with E-state index in [2.05, 4.69) is 10.3 Å². The van der Waals surface area contributed by atoms with Crippen molar-refractivity contribution < 1.29 is 14.0 Å². The molecule has 6 heteroatoms. The maximum Gasteiger partial charge on any atom is 0.254 e. The molecule has 2 rings (SSSR count). The van der Waals surface area contributed by atoms with Crippen molar-refractivity contribution in [1.82, 2.24) is 15.2 Å². The number of carbonyl (C=O) groups is 2. The summed E-state index contributed by atoms with van der Waals surface area (Å²) in [4.78, 5) is 29.1. The van der Waals surface area contributed by atoms with Crippen LogP contribution in [0.5, 0.6) is 0 Å². The number of amides is 2. The van der Waals surface area contributed by atoms with Gasteiger partial charge in [-0.25, -0.2) is 4.98 Å². The summed E-state index contributed by atoms with van der Waals surface area (Å²) in [7, 11) is 1.55. The van der Waals surface area contributed by atoms with Crippen molar-refractivity contribution >= 4 is 11.8 Å². The molecule has 0 bridgehead atoms. The van der Waals surface area contributed by atoms with Gasteiger partial charge in [-0.3, -0.25) is 9.59 Å². The molecule has 1 unspecified atom stereocenters. The average molecular weight is 265 g/mol. The van der Waals surface area contributed by atoms with E-state index in [1.807, 2.05) is 0 Å². The number of aromatic nitrogens is 1. The Kier molecular flexibility index (Phi) is 4.09. The summed E-state index contributed by atoms with van der Waals surface area (Å²) in [5.41, 5.74) is 0.225. The minimum absolute atomic E-state index is 0.178. The Morgan fingerprint density at radius 3 is 2.95 bits per heavy atom. The van der Waals surface area contributed by atoms with Crippen LogP contribution in [0, 0.1) is 5.95 Å². The first-order valence-electron chi connectivity index (χ1n) is 6.27. The van der Waals surface area contributed by atoms with Crippen molar-refractivity contribution in [2.45, 2.75) is 25.3 Å². The maximum atomic E-state index is 13.1. The molecule has 2 heterocycles. The van der Waals surface area contributed by atoms with Crippen LogP contribution in [-0.2, 0) is 4.79 Å². The number of carbonyl (C=O) groups excluding carboxylic acids is 2. The summed E-state index contributed by atoms with van der Waals surface area (Å²) in [6.07, 6.45) is 3.65. The van der Waals surface area contributed by atoms with Gasteiger partial charge >= 0.3 is 0 Å². The summed E-state index contributed by atoms with van der Waals surface area (Å²) in [5.74, 6) is -1.20. The Hall–Kier alpha value is -1.98. The summed E-state index contributed by atoms with van der Waals surface area (Å²) >= 11 is 0. The van der Waals surface area contributed by atoms with Crippen LogP contribution in [0.25, 0.3) is 0 Å². The van der Waals surface area contributed by atoms with Gasteiger partial charge in [0.05, 0.1) is 0 Å². The standard InChI is InChI=1S/C13H16FN3O2/c1-15-12(18)10-4-2-3-7-17(10)13(19)9-5-6-16-11(14)8-9/h5-6,8,10H,2-4,7H2,1H3,(H,15,18). The van der Waals surface area contributed by atoms with E-state index in [9.17, 15) is 14.0 Å². The first-order valence-corrected chi connectivity index (χ1v) is 6.27. The zero-order chi connectivity index (χ0) is 13.8. The topological polar surface area (TPSA) is 62.3 Å². The molecule has 1 atom stereocenters. The number of likely N-dealkylation sites (N-methyl/N-ethyl adjacent to an activating group) is 1. The maximum absolute atomic E-state index is 13.1. The largest absolute Gasteiger partial charge is 0.357 e. The van der Waals surface area contributed by atoms with E-state index >= 15 is 0 Å². The molecular weight excluding hydrogens is 249 g/mol. The highest BCUT2D eigenvalue weighted by Crippen LogP contribution is 2.20. The van der Waals surface area contributed by atoms with Crippen LogP contribution in [0.1, 0.15) is 29.6 Å². The molecule has 1 aromatic heterocycles. The molecule has 1 saturated heterocycles. The molecule has 1 aliphatic heterocycles. The molecule has 0 saturated carbocycles. The third-order valence-corrected chi connectivity index (χ3v) is 3.29. The lowest BCUT2D eigenvalue weighted by Gasteiger charge is -2.34. The Labute approximate surface area is 110 Å². The molecule has 19 heavy (non-hydrogen) atoms. The van der Waals surface area contributed by atoms with Crippen LogP contribution >= 0.6 is 0 Å². The zero-order valence-electron chi connectivity index (χ0n) is 10.7. The summed E-state index contributed by atoms with van der Waals surface area (Å²) in [6.45, 7) is 0.515. The third kappa shape index (κ3) is 2.89. The fourth-order valence-corrected chi connectivity index (χ4v) is 2.32. The molecule has 1 aliphatic rings. The molecule has 1 fully saturated rings. The minimum atomic E-state index is -0.695. The number of rotatable bonds is 2. The molecule has 1 aromatic rings. The summed E-state index contributed by atoms with van der Waals surface area (Å²) < 4.78 is 13.1. The second-order valence-corrected chi connectivity index (χ2v) is 4.49. The minimum Gasteiger partial charge on any atom is -0.357 e. The molecule has 1 N–H and O–H groups in total. The van der Waals surface area contributed by atoms with Crippen molar-refractivity contribution in [2.75, 3.05) is 13.6 Å². The monoisotopic (exact) mass is 265 g/mol. The fourth-order valence-electron chi connectivity index (χ4n) is 2.32. The van der Waals surface area contributed by atoms with Gasteiger partial charge in [0.25, 0.3) is 5.91 Å². The number of halogens is 1. The number of nitrogens with zero attached hydrogens (tertiary/aromatic N) is 2. The Balaban J connectivity index is 2.22. The lowest BCUT2D eigenvalue weighted by Crippen LogP contribution is -2.51. The molecule has 5 nitrogen and oxygen atoms in total. The summed E-state index contributed by atoms with van der Waals surface area (Å²) in [6, 6.07) is 2.08. The predicted molar refractivity (Wildman–Crippen MR) is 66.9 cm³/mol. The van der Waals surface area contributed by atoms with Crippen molar-refractivity contribution in [2.24, 2.45) is 0 Å². The van der Waals surface area contributed by atoms with Gasteiger partial charge in [0, 0.05) is 31.4 Å². The average Bonchev–Trinajstić information content (AvgIpc) is 2.45. The highest BCUT2D eigenvalue weighted by atomic mass is 19.1. The van der Waals surface area contributed by atoms with Gasteiger partial charge in [-0.05, 0) is 25.3 Å². The Morgan fingerprint density at radius 1 is 1.47 bits per heavy atom. The highest BCUT2D eigenvalue weighted by Gasteiger charge is 2.32. The summed E-state index contributed by atoms with van der Waals surface area (Å²) in [5, 5.41) is 2.56. The molecule has 102 valence electrons. The van der Waals surface area contributed by atoms with Crippen molar-refractivity contribution in [1.29, 1.82) is 0 Å². The second kappa shape index (κ2) is 5.77. The van der Waals surface area contributed by atoms with Crippen LogP contribution in [0.4, 0.5) is 4.39 Å². The smallest absolute Gasteiger partial charge is 0.254 e. The predicted octanol–water partition coefficient (Wildman–Crippen LogP) is 0.961. The van der Waals surface area contributed by atoms with Crippen LogP contribution in [0.15, 0.2) is 18.3 Å². The molecule has 0 spiro atoms. The molecule has 2 amide bonds. The number of likely N-dealkylation sites (tertiary alicyclic amines) is 1. The van der Waals surface area contributed by atoms with Crippen LogP contribution in [0.3, 0.4) is 0 Å². The van der Waals surface area contributed by atoms with E-state index in [1.165, 1.54) is 17.2 Å². The van der Waals surface area contributed by atoms with E-state index in [0.29, 0.717) is 13.0 Å². The quantitative estimate of drug-likeness (QED) is 0.810. The van der Waals surface area contributed by atoms with E-state index < -0.39 is 12.0 Å². The van der Waals surface area contributed by atoms with Gasteiger partial charge in [-0.2, -0.15) is 4.39 Å². The van der Waals surface area contributed by atoms with Crippen LogP contribution < -0.4 is 5.32 Å². The number of pyridine rings is 1. The Morgan fingerprint density at radius 2 is 2.26 bits per heavy atom. The molecular formula is C13H16FN3O2. The van der Waals surface area contributed by atoms with Crippen LogP contribution in [0.2, 0.25) is 0 Å². The molecule has 0 aliphatic carbocycles. The first-order chi connectivity index (χ1) is 9.13. The van der Waals surface area contributed by atoms with E-state index in [0.717, 1.165) is 18.9 Å². The van der Waals surface area contributed by atoms with Crippen molar-refractivity contribution in [3.63, 3.8) is 0 Å². The van der Waals surface area contributed by atoms with Gasteiger partial charge in [0.1, 0.15) is 6.04 Å². The van der Waals surface area contributed by atoms with E-state index in [4.69, 9.17) is 0 Å². The lowest BCUT2D eigenvalue weighted by molar-refractivity contribution is -0.126. The number of piperidine rings is 1. The normalized spacial score (nSPS) is 19.1. The first kappa shape index (κ1) is 13.5. The second-order valence-electron chi connectivity index (χ2n) is 4.49. The van der Waals surface area contributed by atoms with Gasteiger partial charge < -0.3 is 10.2 Å². The number of hydrogen-bond donors (Lipinski definition) is 1. The van der Waals surface area contributed by atoms with Crippen LogP contribution in [-0.4, -0.2) is 41.3 Å². The van der Waals surface area contributed by atoms with Crippen molar-refractivity contribution in [3.8, 4) is 0 Å². The van der Waals surface area contributed by atoms with Crippen molar-refractivity contribution in [3.05, 3.63) is 29.8 Å². The Bertz CT molecular complexity index is 493. The SMILES string of the molecule is CNC(=O)C1CCCCN1C(=O)c1ccnc(F)c1. The zero-order valence-corrected chi connectivity index (χ0v) is 10.7. The van der Waals surface area contributed by atoms with E-state index in [-0.39, 0.29) is 17.4 Å². The molecule has 0 aromatic carbocycles. The van der Waals surface area contributed by atoms with Gasteiger partial charge in [-0.1, -0.05) is 0 Å². The highest BCUT2D eigenvalue weighted by molar-refractivity contribution is 5.97. The van der Waals surface area contributed by atoms with Gasteiger partial charge in [0.15, 0.2) is 0 Å². The third-order valence-electron chi connectivity index (χ3n) is 3.29. The lowest BCUT2D eigenvalue weighted by atomic mass is 10.0. The number of hydrogen-bond acceptors (Lipinski definition) is 3. The van der Waals surface area contributed by atoms with Gasteiger partial charge in [0.2, 0.25) is 11.9 Å². The number of nitrogens with one attached hydrogen (secondary N) is 1. The van der Waals surface area contributed by atoms with E-state index in [1.54, 1.807) is 7.05 Å². The fraction of sp³-hybridized carbons (Fsp3) is 0.462. The van der Waals surface area contributed by atoms with Gasteiger partial charge in [-0.15, -0.1) is 0 Å².